The Kier molecular flexibility index (Phi) is 5.63. The first-order valence-corrected chi connectivity index (χ1v) is 8.84. The molecular weight excluding hydrogens is 304 g/mol. The molecule has 7 nitrogen and oxygen atoms in total. The van der Waals surface area contributed by atoms with Crippen molar-refractivity contribution in [3.63, 3.8) is 0 Å². The van der Waals surface area contributed by atoms with E-state index in [4.69, 9.17) is 0 Å². The van der Waals surface area contributed by atoms with Crippen molar-refractivity contribution in [2.45, 2.75) is 12.8 Å². The van der Waals surface area contributed by atoms with Gasteiger partial charge in [0.25, 0.3) is 0 Å². The minimum Gasteiger partial charge on any atom is -0.354 e. The van der Waals surface area contributed by atoms with Crippen molar-refractivity contribution in [1.29, 1.82) is 0 Å². The number of carbonyl (C=O) groups excluding carboxylic acids is 1. The van der Waals surface area contributed by atoms with Gasteiger partial charge in [0.1, 0.15) is 11.5 Å². The second-order valence-electron chi connectivity index (χ2n) is 7.03. The fourth-order valence-electron chi connectivity index (χ4n) is 3.47. The largest absolute Gasteiger partial charge is 0.354 e. The molecule has 3 heterocycles. The van der Waals surface area contributed by atoms with Gasteiger partial charge in [-0.25, -0.2) is 4.98 Å². The van der Waals surface area contributed by atoms with Crippen LogP contribution < -0.4 is 10.2 Å². The van der Waals surface area contributed by atoms with Crippen LogP contribution in [-0.2, 0) is 0 Å². The number of nitrogens with zero attached hydrogens (tertiary/aromatic N) is 5. The van der Waals surface area contributed by atoms with Crippen molar-refractivity contribution in [2.24, 2.45) is 5.92 Å². The standard InChI is InChI=1S/C17H28N6O/c1-21-6-8-23(9-7-21)16-10-15(13-24)19-17(20-16)18-11-14-4-3-5-22(2)12-14/h10,13-14H,3-9,11-12H2,1-2H3,(H,18,19,20). The molecule has 0 radical (unpaired) electrons. The van der Waals surface area contributed by atoms with Crippen LogP contribution in [0.5, 0.6) is 0 Å². The van der Waals surface area contributed by atoms with Crippen LogP contribution in [0.1, 0.15) is 23.3 Å². The van der Waals surface area contributed by atoms with Crippen molar-refractivity contribution in [2.75, 3.05) is 70.1 Å². The van der Waals surface area contributed by atoms with E-state index in [9.17, 15) is 4.79 Å². The molecule has 3 rings (SSSR count). The molecule has 1 unspecified atom stereocenters. The maximum atomic E-state index is 11.2. The zero-order chi connectivity index (χ0) is 16.9. The van der Waals surface area contributed by atoms with Gasteiger partial charge in [0.15, 0.2) is 6.29 Å². The van der Waals surface area contributed by atoms with Crippen LogP contribution in [0.15, 0.2) is 6.07 Å². The first kappa shape index (κ1) is 17.1. The van der Waals surface area contributed by atoms with Crippen molar-refractivity contribution >= 4 is 18.1 Å². The summed E-state index contributed by atoms with van der Waals surface area (Å²) in [5.74, 6) is 2.03. The lowest BCUT2D eigenvalue weighted by atomic mass is 9.99. The molecule has 0 saturated carbocycles. The number of hydrogen-bond acceptors (Lipinski definition) is 7. The third-order valence-electron chi connectivity index (χ3n) is 4.95. The average Bonchev–Trinajstić information content (AvgIpc) is 2.60. The van der Waals surface area contributed by atoms with Gasteiger partial charge in [0.2, 0.25) is 5.95 Å². The fourth-order valence-corrected chi connectivity index (χ4v) is 3.47. The maximum absolute atomic E-state index is 11.2. The van der Waals surface area contributed by atoms with Crippen LogP contribution in [0.4, 0.5) is 11.8 Å². The Bertz CT molecular complexity index is 558. The molecule has 1 N–H and O–H groups in total. The molecule has 2 saturated heterocycles. The number of likely N-dealkylation sites (tertiary alicyclic amines) is 1. The average molecular weight is 332 g/mol. The van der Waals surface area contributed by atoms with Crippen molar-refractivity contribution in [3.8, 4) is 0 Å². The molecule has 0 aliphatic carbocycles. The molecule has 2 aliphatic heterocycles. The van der Waals surface area contributed by atoms with E-state index in [1.807, 2.05) is 0 Å². The number of piperazine rings is 1. The zero-order valence-corrected chi connectivity index (χ0v) is 14.7. The summed E-state index contributed by atoms with van der Waals surface area (Å²) in [5.41, 5.74) is 0.446. The predicted molar refractivity (Wildman–Crippen MR) is 95.8 cm³/mol. The van der Waals surface area contributed by atoms with Crippen molar-refractivity contribution < 1.29 is 4.79 Å². The second-order valence-corrected chi connectivity index (χ2v) is 7.03. The smallest absolute Gasteiger partial charge is 0.225 e. The van der Waals surface area contributed by atoms with Crippen LogP contribution in [0, 0.1) is 5.92 Å². The number of hydrogen-bond donors (Lipinski definition) is 1. The highest BCUT2D eigenvalue weighted by atomic mass is 16.1. The summed E-state index contributed by atoms with van der Waals surface area (Å²) in [6.45, 7) is 7.02. The van der Waals surface area contributed by atoms with Crippen LogP contribution in [0.25, 0.3) is 0 Å². The van der Waals surface area contributed by atoms with E-state index in [2.05, 4.69) is 44.1 Å². The number of aromatic nitrogens is 2. The molecule has 0 aromatic carbocycles. The van der Waals surface area contributed by atoms with Gasteiger partial charge in [0, 0.05) is 45.3 Å². The Morgan fingerprint density at radius 3 is 2.67 bits per heavy atom. The first-order valence-electron chi connectivity index (χ1n) is 8.84. The van der Waals surface area contributed by atoms with E-state index in [1.54, 1.807) is 6.07 Å². The Labute approximate surface area is 144 Å². The summed E-state index contributed by atoms with van der Waals surface area (Å²) < 4.78 is 0. The van der Waals surface area contributed by atoms with Gasteiger partial charge in [0.05, 0.1) is 0 Å². The van der Waals surface area contributed by atoms with Gasteiger partial charge in [-0.05, 0) is 39.4 Å². The SMILES string of the molecule is CN1CCN(c2cc(C=O)nc(NCC3CCCN(C)C3)n2)CC1. The first-order chi connectivity index (χ1) is 11.6. The minimum atomic E-state index is 0.446. The molecule has 1 aromatic rings. The summed E-state index contributed by atoms with van der Waals surface area (Å²) in [5, 5.41) is 3.35. The summed E-state index contributed by atoms with van der Waals surface area (Å²) in [4.78, 5) is 27.1. The molecule has 2 aliphatic rings. The van der Waals surface area contributed by atoms with Crippen molar-refractivity contribution in [1.82, 2.24) is 19.8 Å². The van der Waals surface area contributed by atoms with E-state index < -0.39 is 0 Å². The number of aldehydes is 1. The van der Waals surface area contributed by atoms with Crippen LogP contribution in [-0.4, -0.2) is 86.0 Å². The highest BCUT2D eigenvalue weighted by Gasteiger charge is 2.19. The number of likely N-dealkylation sites (N-methyl/N-ethyl adjacent to an activating group) is 1. The number of rotatable bonds is 5. The summed E-state index contributed by atoms with van der Waals surface area (Å²) in [6, 6.07) is 1.79. The number of piperidine rings is 1. The van der Waals surface area contributed by atoms with Crippen LogP contribution in [0.3, 0.4) is 0 Å². The Balaban J connectivity index is 1.66. The molecular formula is C17H28N6O. The lowest BCUT2D eigenvalue weighted by Crippen LogP contribution is -2.45. The summed E-state index contributed by atoms with van der Waals surface area (Å²) >= 11 is 0. The lowest BCUT2D eigenvalue weighted by molar-refractivity contribution is 0.111. The van der Waals surface area contributed by atoms with E-state index in [0.29, 0.717) is 17.6 Å². The van der Waals surface area contributed by atoms with E-state index in [-0.39, 0.29) is 0 Å². The Morgan fingerprint density at radius 2 is 1.96 bits per heavy atom. The molecule has 0 bridgehead atoms. The van der Waals surface area contributed by atoms with Crippen LogP contribution >= 0.6 is 0 Å². The Hall–Kier alpha value is -1.73. The van der Waals surface area contributed by atoms with Gasteiger partial charge >= 0.3 is 0 Å². The molecule has 0 spiro atoms. The van der Waals surface area contributed by atoms with Gasteiger partial charge in [-0.1, -0.05) is 0 Å². The Morgan fingerprint density at radius 1 is 1.17 bits per heavy atom. The molecule has 0 amide bonds. The molecule has 24 heavy (non-hydrogen) atoms. The highest BCUT2D eigenvalue weighted by molar-refractivity contribution is 5.74. The van der Waals surface area contributed by atoms with Crippen molar-refractivity contribution in [3.05, 3.63) is 11.8 Å². The quantitative estimate of drug-likeness (QED) is 0.800. The fraction of sp³-hybridized carbons (Fsp3) is 0.706. The van der Waals surface area contributed by atoms with Gasteiger partial charge in [-0.15, -0.1) is 0 Å². The number of carbonyl (C=O) groups is 1. The normalized spacial score (nSPS) is 23.2. The zero-order valence-electron chi connectivity index (χ0n) is 14.7. The third-order valence-corrected chi connectivity index (χ3v) is 4.95. The van der Waals surface area contributed by atoms with Gasteiger partial charge < -0.3 is 20.0 Å². The third kappa shape index (κ3) is 4.42. The highest BCUT2D eigenvalue weighted by Crippen LogP contribution is 2.18. The lowest BCUT2D eigenvalue weighted by Gasteiger charge is -2.33. The number of nitrogens with one attached hydrogen (secondary N) is 1. The predicted octanol–water partition coefficient (Wildman–Crippen LogP) is 0.795. The van der Waals surface area contributed by atoms with E-state index in [0.717, 1.165) is 51.4 Å². The minimum absolute atomic E-state index is 0.446. The monoisotopic (exact) mass is 332 g/mol. The molecule has 1 aromatic heterocycles. The van der Waals surface area contributed by atoms with Gasteiger partial charge in [-0.3, -0.25) is 4.79 Å². The summed E-state index contributed by atoms with van der Waals surface area (Å²) in [6.07, 6.45) is 3.28. The van der Waals surface area contributed by atoms with E-state index >= 15 is 0 Å². The van der Waals surface area contributed by atoms with Gasteiger partial charge in [-0.2, -0.15) is 4.98 Å². The van der Waals surface area contributed by atoms with Crippen LogP contribution in [0.2, 0.25) is 0 Å². The maximum Gasteiger partial charge on any atom is 0.225 e. The summed E-state index contributed by atoms with van der Waals surface area (Å²) in [7, 11) is 4.30. The number of anilines is 2. The molecule has 2 fully saturated rings. The molecule has 132 valence electrons. The molecule has 7 heteroatoms. The topological polar surface area (TPSA) is 64.6 Å². The van der Waals surface area contributed by atoms with E-state index in [1.165, 1.54) is 19.4 Å². The molecule has 1 atom stereocenters. The second kappa shape index (κ2) is 7.90.